The van der Waals surface area contributed by atoms with Crippen LogP contribution >= 0.6 is 0 Å². The normalized spacial score (nSPS) is 15.3. The summed E-state index contributed by atoms with van der Waals surface area (Å²) in [6.07, 6.45) is 2.93. The highest BCUT2D eigenvalue weighted by molar-refractivity contribution is 5.97. The van der Waals surface area contributed by atoms with Crippen LogP contribution < -0.4 is 4.90 Å². The van der Waals surface area contributed by atoms with Crippen LogP contribution in [0.25, 0.3) is 0 Å². The summed E-state index contributed by atoms with van der Waals surface area (Å²) in [5, 5.41) is 0. The van der Waals surface area contributed by atoms with Gasteiger partial charge in [0.25, 0.3) is 5.91 Å². The monoisotopic (exact) mass is 619 g/mol. The number of benzene rings is 5. The minimum absolute atomic E-state index is 0.180. The molecule has 0 spiro atoms. The lowest BCUT2D eigenvalue weighted by Gasteiger charge is -2.37. The SMILES string of the molecule is O=C1c2cc(N3CCN(CCC(c4ccccc4)c4ccccc4)CC3)ccc2CCN1CCC(c1ccccc1)c1ccccc1. The number of rotatable bonds is 11. The van der Waals surface area contributed by atoms with E-state index in [9.17, 15) is 4.79 Å². The van der Waals surface area contributed by atoms with E-state index >= 15 is 0 Å². The van der Waals surface area contributed by atoms with E-state index in [2.05, 4.69) is 154 Å². The van der Waals surface area contributed by atoms with E-state index < -0.39 is 0 Å². The van der Waals surface area contributed by atoms with Crippen LogP contribution in [0, 0.1) is 0 Å². The number of anilines is 1. The summed E-state index contributed by atoms with van der Waals surface area (Å²) in [4.78, 5) is 21.0. The fourth-order valence-corrected chi connectivity index (χ4v) is 7.54. The van der Waals surface area contributed by atoms with Crippen molar-refractivity contribution in [3.8, 4) is 0 Å². The third-order valence-electron chi connectivity index (χ3n) is 10.2. The lowest BCUT2D eigenvalue weighted by Crippen LogP contribution is -2.47. The lowest BCUT2D eigenvalue weighted by molar-refractivity contribution is 0.0736. The summed E-state index contributed by atoms with van der Waals surface area (Å²) in [7, 11) is 0. The Balaban J connectivity index is 0.973. The molecule has 2 aliphatic rings. The first-order chi connectivity index (χ1) is 23.2. The molecule has 4 heteroatoms. The largest absolute Gasteiger partial charge is 0.369 e. The molecule has 5 aromatic rings. The van der Waals surface area contributed by atoms with Crippen molar-refractivity contribution in [3.63, 3.8) is 0 Å². The number of carbonyl (C=O) groups excluding carboxylic acids is 1. The standard InChI is InChI=1S/C43H45N3O/c47-43-42-33-39(45-31-29-44(30-32-45)26-24-40(34-13-5-1-6-14-34)35-15-7-2-8-16-35)22-21-38(42)23-27-46(43)28-25-41(36-17-9-3-10-18-36)37-19-11-4-12-20-37/h1-22,33,40-41H,23-32H2. The number of hydrogen-bond donors (Lipinski definition) is 0. The molecule has 2 aliphatic heterocycles. The number of fused-ring (bicyclic) bond motifs is 1. The third kappa shape index (κ3) is 7.34. The molecule has 1 saturated heterocycles. The molecule has 0 radical (unpaired) electrons. The Morgan fingerprint density at radius 3 is 1.47 bits per heavy atom. The Labute approximate surface area is 280 Å². The van der Waals surface area contributed by atoms with Crippen molar-refractivity contribution in [2.45, 2.75) is 31.1 Å². The average molecular weight is 620 g/mol. The van der Waals surface area contributed by atoms with Gasteiger partial charge < -0.3 is 9.80 Å². The zero-order valence-electron chi connectivity index (χ0n) is 27.3. The Morgan fingerprint density at radius 1 is 0.511 bits per heavy atom. The highest BCUT2D eigenvalue weighted by Gasteiger charge is 2.27. The molecule has 0 bridgehead atoms. The molecule has 2 heterocycles. The second-order valence-electron chi connectivity index (χ2n) is 13.0. The molecule has 238 valence electrons. The summed E-state index contributed by atoms with van der Waals surface area (Å²) in [5.41, 5.74) is 8.64. The van der Waals surface area contributed by atoms with Crippen LogP contribution in [0.1, 0.15) is 62.9 Å². The molecule has 47 heavy (non-hydrogen) atoms. The third-order valence-corrected chi connectivity index (χ3v) is 10.2. The van der Waals surface area contributed by atoms with E-state index in [1.165, 1.54) is 33.5 Å². The average Bonchev–Trinajstić information content (AvgIpc) is 3.15. The van der Waals surface area contributed by atoms with Crippen LogP contribution in [0.15, 0.2) is 140 Å². The van der Waals surface area contributed by atoms with Crippen LogP contribution in [0.3, 0.4) is 0 Å². The van der Waals surface area contributed by atoms with Gasteiger partial charge in [-0.25, -0.2) is 0 Å². The second-order valence-corrected chi connectivity index (χ2v) is 13.0. The molecule has 0 atom stereocenters. The van der Waals surface area contributed by atoms with E-state index in [0.29, 0.717) is 5.92 Å². The van der Waals surface area contributed by atoms with Crippen molar-refractivity contribution in [2.24, 2.45) is 0 Å². The number of piperazine rings is 1. The van der Waals surface area contributed by atoms with E-state index in [0.717, 1.165) is 70.6 Å². The number of carbonyl (C=O) groups is 1. The molecule has 0 saturated carbocycles. The van der Waals surface area contributed by atoms with Crippen LogP contribution in [-0.4, -0.2) is 61.5 Å². The minimum Gasteiger partial charge on any atom is -0.369 e. The molecule has 4 nitrogen and oxygen atoms in total. The Hall–Kier alpha value is -4.67. The van der Waals surface area contributed by atoms with Gasteiger partial charge in [0.05, 0.1) is 0 Å². The quantitative estimate of drug-likeness (QED) is 0.149. The van der Waals surface area contributed by atoms with Gasteiger partial charge in [-0.1, -0.05) is 127 Å². The first kappa shape index (κ1) is 31.0. The number of nitrogens with zero attached hydrogens (tertiary/aromatic N) is 3. The number of amides is 1. The summed E-state index contributed by atoms with van der Waals surface area (Å²) in [6, 6.07) is 49.9. The molecular formula is C43H45N3O. The van der Waals surface area contributed by atoms with Crippen molar-refractivity contribution in [1.29, 1.82) is 0 Å². The van der Waals surface area contributed by atoms with Gasteiger partial charge in [-0.2, -0.15) is 0 Å². The van der Waals surface area contributed by atoms with Gasteiger partial charge in [0.1, 0.15) is 0 Å². The fraction of sp³-hybridized carbons (Fsp3) is 0.279. The maximum absolute atomic E-state index is 13.9. The summed E-state index contributed by atoms with van der Waals surface area (Å²) < 4.78 is 0. The Kier molecular flexibility index (Phi) is 9.77. The van der Waals surface area contributed by atoms with Crippen molar-refractivity contribution in [2.75, 3.05) is 50.7 Å². The molecule has 0 N–H and O–H groups in total. The zero-order chi connectivity index (χ0) is 31.8. The van der Waals surface area contributed by atoms with E-state index in [1.807, 2.05) is 0 Å². The molecule has 1 amide bonds. The molecule has 1 fully saturated rings. The zero-order valence-corrected chi connectivity index (χ0v) is 27.3. The molecule has 0 aromatic heterocycles. The number of hydrogen-bond acceptors (Lipinski definition) is 3. The predicted molar refractivity (Wildman–Crippen MR) is 193 cm³/mol. The van der Waals surface area contributed by atoms with Gasteiger partial charge in [0.2, 0.25) is 0 Å². The molecule has 7 rings (SSSR count). The highest BCUT2D eigenvalue weighted by atomic mass is 16.2. The Bertz CT molecular complexity index is 1640. The van der Waals surface area contributed by atoms with Crippen LogP contribution in [-0.2, 0) is 6.42 Å². The highest BCUT2D eigenvalue weighted by Crippen LogP contribution is 2.31. The van der Waals surface area contributed by atoms with Gasteiger partial charge >= 0.3 is 0 Å². The summed E-state index contributed by atoms with van der Waals surface area (Å²) >= 11 is 0. The summed E-state index contributed by atoms with van der Waals surface area (Å²) in [6.45, 7) is 6.64. The van der Waals surface area contributed by atoms with E-state index in [-0.39, 0.29) is 11.8 Å². The lowest BCUT2D eigenvalue weighted by atomic mass is 9.88. The molecule has 0 aliphatic carbocycles. The van der Waals surface area contributed by atoms with Gasteiger partial charge in [-0.3, -0.25) is 9.69 Å². The fourth-order valence-electron chi connectivity index (χ4n) is 7.54. The predicted octanol–water partition coefficient (Wildman–Crippen LogP) is 8.25. The van der Waals surface area contributed by atoms with Crippen molar-refractivity contribution in [1.82, 2.24) is 9.80 Å². The van der Waals surface area contributed by atoms with E-state index in [4.69, 9.17) is 0 Å². The van der Waals surface area contributed by atoms with Crippen LogP contribution in [0.2, 0.25) is 0 Å². The summed E-state index contributed by atoms with van der Waals surface area (Å²) in [5.74, 6) is 0.852. The van der Waals surface area contributed by atoms with Gasteiger partial charge in [0.15, 0.2) is 0 Å². The maximum Gasteiger partial charge on any atom is 0.254 e. The molecular weight excluding hydrogens is 574 g/mol. The van der Waals surface area contributed by atoms with Crippen molar-refractivity contribution < 1.29 is 4.79 Å². The Morgan fingerprint density at radius 2 is 0.979 bits per heavy atom. The van der Waals surface area contributed by atoms with Gasteiger partial charge in [-0.15, -0.1) is 0 Å². The van der Waals surface area contributed by atoms with Gasteiger partial charge in [-0.05, 0) is 65.8 Å². The van der Waals surface area contributed by atoms with Crippen LogP contribution in [0.5, 0.6) is 0 Å². The van der Waals surface area contributed by atoms with Crippen LogP contribution in [0.4, 0.5) is 5.69 Å². The second kappa shape index (κ2) is 14.8. The van der Waals surface area contributed by atoms with E-state index in [1.54, 1.807) is 0 Å². The minimum atomic E-state index is 0.180. The first-order valence-corrected chi connectivity index (χ1v) is 17.3. The van der Waals surface area contributed by atoms with Crippen molar-refractivity contribution >= 4 is 11.6 Å². The van der Waals surface area contributed by atoms with Gasteiger partial charge in [0, 0.05) is 62.4 Å². The molecule has 5 aromatic carbocycles. The van der Waals surface area contributed by atoms with Crippen molar-refractivity contribution in [3.05, 3.63) is 173 Å². The maximum atomic E-state index is 13.9. The molecule has 0 unspecified atom stereocenters. The topological polar surface area (TPSA) is 26.8 Å². The smallest absolute Gasteiger partial charge is 0.254 e. The first-order valence-electron chi connectivity index (χ1n) is 17.3.